The minimum Gasteiger partial charge on any atom is -0.726 e. The van der Waals surface area contributed by atoms with Crippen LogP contribution in [0.5, 0.6) is 0 Å². The van der Waals surface area contributed by atoms with Crippen molar-refractivity contribution in [1.82, 2.24) is 5.32 Å². The van der Waals surface area contributed by atoms with E-state index in [9.17, 15) is 22.6 Å². The molecule has 0 rings (SSSR count). The molecule has 0 heterocycles. The molecule has 2 atom stereocenters. The van der Waals surface area contributed by atoms with Gasteiger partial charge >= 0.3 is 63.4 Å². The summed E-state index contributed by atoms with van der Waals surface area (Å²) in [6.07, 6.45) is -0.146. The summed E-state index contributed by atoms with van der Waals surface area (Å²) < 4.78 is 50.6. The summed E-state index contributed by atoms with van der Waals surface area (Å²) in [4.78, 5) is 22.4. The summed E-state index contributed by atoms with van der Waals surface area (Å²) in [5.41, 5.74) is 0. The Hall–Kier alpha value is -0.0536. The molecule has 2 unspecified atom stereocenters. The van der Waals surface area contributed by atoms with Crippen LogP contribution < -0.4 is 56.7 Å². The van der Waals surface area contributed by atoms with Crippen molar-refractivity contribution < 1.29 is 92.3 Å². The first kappa shape index (κ1) is 28.2. The predicted molar refractivity (Wildman–Crippen MR) is 85.4 cm³/mol. The largest absolute Gasteiger partial charge is 1.00 e. The molecule has 0 radical (unpaired) electrons. The Labute approximate surface area is 196 Å². The number of ether oxygens (including phenoxy) is 3. The van der Waals surface area contributed by atoms with Gasteiger partial charge in [0.05, 0.1) is 13.2 Å². The molecule has 0 aliphatic carbocycles. The van der Waals surface area contributed by atoms with Gasteiger partial charge in [0.2, 0.25) is 10.4 Å². The van der Waals surface area contributed by atoms with Crippen molar-refractivity contribution in [3.63, 3.8) is 0 Å². The number of rotatable bonds is 13. The normalized spacial score (nSPS) is 13.0. The van der Waals surface area contributed by atoms with E-state index in [0.29, 0.717) is 6.61 Å². The number of hydrogen-bond acceptors (Lipinski definition) is 9. The average Bonchev–Trinajstić information content (AvgIpc) is 2.55. The SMILES string of the molecule is C=CC(=O)OCCNC(=O)OC(COCC(C)CC)COS(=O)(=O)[O-].[K+]. The zero-order valence-electron chi connectivity index (χ0n) is 15.3. The molecule has 0 aliphatic heterocycles. The number of carbonyl (C=O) groups is 2. The van der Waals surface area contributed by atoms with Crippen LogP contribution in [0.2, 0.25) is 0 Å². The van der Waals surface area contributed by atoms with Gasteiger partial charge in [0.1, 0.15) is 13.2 Å². The number of esters is 1. The maximum Gasteiger partial charge on any atom is 1.00 e. The molecule has 0 saturated carbocycles. The standard InChI is InChI=1S/C14H25NO9S.K/c1-4-11(3)8-21-9-12(10-23-25(18,19)20)24-14(17)15-6-7-22-13(16)5-2;/h5,11-12H,2,4,6-10H2,1,3H3,(H,15,17)(H,18,19,20);/q;+1/p-1. The fraction of sp³-hybridized carbons (Fsp3) is 0.714. The van der Waals surface area contributed by atoms with Gasteiger partial charge in [0, 0.05) is 12.7 Å². The number of alkyl carbamates (subject to hydrolysis) is 1. The zero-order valence-corrected chi connectivity index (χ0v) is 19.2. The number of hydrogen-bond donors (Lipinski definition) is 1. The molecule has 146 valence electrons. The van der Waals surface area contributed by atoms with Gasteiger partial charge in [-0.25, -0.2) is 18.0 Å². The van der Waals surface area contributed by atoms with E-state index < -0.39 is 35.2 Å². The van der Waals surface area contributed by atoms with Gasteiger partial charge in [-0.15, -0.1) is 0 Å². The Morgan fingerprint density at radius 3 is 2.46 bits per heavy atom. The summed E-state index contributed by atoms with van der Waals surface area (Å²) in [5, 5.41) is 2.29. The maximum absolute atomic E-state index is 11.6. The van der Waals surface area contributed by atoms with Gasteiger partial charge in [-0.3, -0.25) is 4.18 Å². The van der Waals surface area contributed by atoms with Crippen LogP contribution in [0.1, 0.15) is 20.3 Å². The Morgan fingerprint density at radius 2 is 1.92 bits per heavy atom. The van der Waals surface area contributed by atoms with Crippen LogP contribution in [0, 0.1) is 5.92 Å². The summed E-state index contributed by atoms with van der Waals surface area (Å²) in [6, 6.07) is 0. The fourth-order valence-corrected chi connectivity index (χ4v) is 1.67. The van der Waals surface area contributed by atoms with Gasteiger partial charge in [-0.1, -0.05) is 26.8 Å². The second kappa shape index (κ2) is 16.0. The summed E-state index contributed by atoms with van der Waals surface area (Å²) in [6.45, 7) is 6.58. The molecule has 0 bridgehead atoms. The van der Waals surface area contributed by atoms with Crippen LogP contribution in [-0.4, -0.2) is 64.1 Å². The van der Waals surface area contributed by atoms with Crippen LogP contribution in [0.25, 0.3) is 0 Å². The monoisotopic (exact) mass is 421 g/mol. The first-order valence-electron chi connectivity index (χ1n) is 7.59. The third kappa shape index (κ3) is 17.4. The minimum atomic E-state index is -4.92. The summed E-state index contributed by atoms with van der Waals surface area (Å²) in [7, 11) is -4.92. The first-order chi connectivity index (χ1) is 11.7. The predicted octanol–water partition coefficient (Wildman–Crippen LogP) is -2.65. The van der Waals surface area contributed by atoms with Crippen LogP contribution in [0.15, 0.2) is 12.7 Å². The molecule has 0 aromatic heterocycles. The van der Waals surface area contributed by atoms with E-state index in [1.165, 1.54) is 0 Å². The third-order valence-corrected chi connectivity index (χ3v) is 3.28. The molecule has 0 fully saturated rings. The first-order valence-corrected chi connectivity index (χ1v) is 8.92. The third-order valence-electron chi connectivity index (χ3n) is 2.86. The van der Waals surface area contributed by atoms with E-state index in [0.717, 1.165) is 12.5 Å². The van der Waals surface area contributed by atoms with E-state index >= 15 is 0 Å². The molecule has 26 heavy (non-hydrogen) atoms. The van der Waals surface area contributed by atoms with Crippen LogP contribution in [0.3, 0.4) is 0 Å². The van der Waals surface area contributed by atoms with Gasteiger partial charge < -0.3 is 24.1 Å². The number of carbonyl (C=O) groups excluding carboxylic acids is 2. The van der Waals surface area contributed by atoms with Gasteiger partial charge in [0.15, 0.2) is 6.10 Å². The second-order valence-corrected chi connectivity index (χ2v) is 6.12. The van der Waals surface area contributed by atoms with Gasteiger partial charge in [-0.05, 0) is 5.92 Å². The molecule has 1 N–H and O–H groups in total. The molecule has 12 heteroatoms. The molecule has 0 spiro atoms. The van der Waals surface area contributed by atoms with Crippen LogP contribution in [-0.2, 0) is 33.6 Å². The van der Waals surface area contributed by atoms with Crippen molar-refractivity contribution >= 4 is 22.5 Å². The van der Waals surface area contributed by atoms with Gasteiger partial charge in [-0.2, -0.15) is 0 Å². The summed E-state index contributed by atoms with van der Waals surface area (Å²) >= 11 is 0. The van der Waals surface area contributed by atoms with Crippen LogP contribution in [0.4, 0.5) is 4.79 Å². The zero-order chi connectivity index (χ0) is 19.3. The molecular weight excluding hydrogens is 397 g/mol. The Kier molecular flexibility index (Phi) is 17.3. The smallest absolute Gasteiger partial charge is 0.726 e. The number of nitrogens with one attached hydrogen (secondary N) is 1. The van der Waals surface area contributed by atoms with Crippen molar-refractivity contribution in [2.45, 2.75) is 26.4 Å². The number of amides is 1. The summed E-state index contributed by atoms with van der Waals surface area (Å²) in [5.74, 6) is -0.376. The maximum atomic E-state index is 11.6. The van der Waals surface area contributed by atoms with E-state index in [4.69, 9.17) is 9.47 Å². The van der Waals surface area contributed by atoms with E-state index in [1.807, 2.05) is 13.8 Å². The quantitative estimate of drug-likeness (QED) is 0.0843. The Balaban J connectivity index is 0. The van der Waals surface area contributed by atoms with E-state index in [2.05, 4.69) is 20.8 Å². The van der Waals surface area contributed by atoms with Crippen molar-refractivity contribution in [2.75, 3.05) is 33.0 Å². The van der Waals surface area contributed by atoms with E-state index in [1.54, 1.807) is 0 Å². The molecule has 0 aromatic carbocycles. The van der Waals surface area contributed by atoms with Crippen molar-refractivity contribution in [3.8, 4) is 0 Å². The second-order valence-electron chi connectivity index (χ2n) is 5.07. The van der Waals surface area contributed by atoms with Gasteiger partial charge in [0.25, 0.3) is 0 Å². The topological polar surface area (TPSA) is 140 Å². The van der Waals surface area contributed by atoms with E-state index in [-0.39, 0.29) is 77.1 Å². The van der Waals surface area contributed by atoms with Crippen molar-refractivity contribution in [1.29, 1.82) is 0 Å². The molecule has 10 nitrogen and oxygen atoms in total. The molecular formula is C14H24KNO9S. The van der Waals surface area contributed by atoms with Crippen molar-refractivity contribution in [2.24, 2.45) is 5.92 Å². The molecule has 0 aromatic rings. The Bertz CT molecular complexity index is 527. The molecule has 1 amide bonds. The van der Waals surface area contributed by atoms with Crippen molar-refractivity contribution in [3.05, 3.63) is 12.7 Å². The molecule has 0 saturated heterocycles. The molecule has 0 aliphatic rings. The Morgan fingerprint density at radius 1 is 1.27 bits per heavy atom. The average molecular weight is 422 g/mol. The minimum absolute atomic E-state index is 0. The fourth-order valence-electron chi connectivity index (χ4n) is 1.35. The van der Waals surface area contributed by atoms with Crippen LogP contribution >= 0.6 is 0 Å².